The van der Waals surface area contributed by atoms with E-state index in [1.54, 1.807) is 0 Å². The number of hydrogen-bond acceptors (Lipinski definition) is 1. The maximum atomic E-state index is 9.33. The maximum Gasteiger partial charge on any atom is 0.0711 e. The van der Waals surface area contributed by atoms with E-state index in [-0.39, 0.29) is 5.76 Å². The summed E-state index contributed by atoms with van der Waals surface area (Å²) in [6, 6.07) is 0. The molecule has 0 aliphatic carbocycles. The van der Waals surface area contributed by atoms with Gasteiger partial charge in [-0.25, -0.2) is 0 Å². The van der Waals surface area contributed by atoms with Crippen LogP contribution in [0.5, 0.6) is 0 Å². The zero-order valence-corrected chi connectivity index (χ0v) is 5.03. The summed E-state index contributed by atoms with van der Waals surface area (Å²) in [5, 5.41) is 9.33. The highest BCUT2D eigenvalue weighted by atomic mass is 16.3. The predicted octanol–water partition coefficient (Wildman–Crippen LogP) is -0.871. The van der Waals surface area contributed by atoms with Gasteiger partial charge in [0.15, 0.2) is 0 Å². The minimum Gasteiger partial charge on any atom is -0.876 e. The highest BCUT2D eigenvalue weighted by Crippen LogP contribution is 1.57. The zero-order valence-electron chi connectivity index (χ0n) is 5.03. The van der Waals surface area contributed by atoms with Crippen LogP contribution < -0.4 is 10.8 Å². The molecule has 0 atom stereocenters. The van der Waals surface area contributed by atoms with Gasteiger partial charge in [0.2, 0.25) is 0 Å². The Morgan fingerprint density at radius 2 is 1.86 bits per heavy atom. The lowest BCUT2D eigenvalue weighted by atomic mass is 10.7. The average Bonchev–Trinajstić information content (AvgIpc) is 1.33. The van der Waals surface area contributed by atoms with Gasteiger partial charge in [-0.05, 0) is 6.92 Å². The number of hydrogen-bond donors (Lipinski definition) is 1. The number of quaternary nitrogens is 1. The summed E-state index contributed by atoms with van der Waals surface area (Å²) < 4.78 is 0. The van der Waals surface area contributed by atoms with Gasteiger partial charge in [0.25, 0.3) is 0 Å². The van der Waals surface area contributed by atoms with Crippen molar-refractivity contribution >= 4 is 0 Å². The monoisotopic (exact) mass is 103 g/mol. The number of rotatable bonds is 0. The molecule has 0 amide bonds. The van der Waals surface area contributed by atoms with Crippen LogP contribution in [-0.4, -0.2) is 6.54 Å². The Labute approximate surface area is 44.6 Å². The first-order chi connectivity index (χ1) is 3.15. The second kappa shape index (κ2) is 9.09. The fraction of sp³-hybridized carbons (Fsp3) is 0.600. The first-order valence-electron chi connectivity index (χ1n) is 2.26. The van der Waals surface area contributed by atoms with Gasteiger partial charge < -0.3 is 10.8 Å². The number of allylic oxidation sites excluding steroid dienone is 1. The standard InChI is InChI=1S/C3H6O.C2H7N/c1-3(2)4;1-2-3/h4H,1H2,2H3;2-3H2,1H3. The SMILES string of the molecule is C=C(C)[O-].CC[NH3+]. The third-order valence-electron chi connectivity index (χ3n) is 0. The van der Waals surface area contributed by atoms with E-state index in [1.165, 1.54) is 6.92 Å². The summed E-state index contributed by atoms with van der Waals surface area (Å²) in [6.07, 6.45) is 0. The molecular formula is C5H13NO. The molecule has 0 aromatic carbocycles. The van der Waals surface area contributed by atoms with E-state index in [0.29, 0.717) is 0 Å². The minimum atomic E-state index is -0.0833. The van der Waals surface area contributed by atoms with Gasteiger partial charge in [-0.15, -0.1) is 12.3 Å². The van der Waals surface area contributed by atoms with Crippen LogP contribution in [0.2, 0.25) is 0 Å². The molecule has 2 nitrogen and oxygen atoms in total. The van der Waals surface area contributed by atoms with Crippen molar-refractivity contribution < 1.29 is 10.8 Å². The molecule has 0 unspecified atom stereocenters. The van der Waals surface area contributed by atoms with Crippen LogP contribution in [-0.2, 0) is 0 Å². The molecule has 0 saturated carbocycles. The fourth-order valence-corrected chi connectivity index (χ4v) is 0. The maximum absolute atomic E-state index is 9.33. The van der Waals surface area contributed by atoms with Crippen LogP contribution in [0.1, 0.15) is 13.8 Å². The summed E-state index contributed by atoms with van der Waals surface area (Å²) in [7, 11) is 0. The van der Waals surface area contributed by atoms with E-state index in [0.717, 1.165) is 6.54 Å². The molecule has 0 bridgehead atoms. The van der Waals surface area contributed by atoms with Crippen molar-refractivity contribution in [1.29, 1.82) is 0 Å². The molecule has 0 aliphatic rings. The molecular weight excluding hydrogens is 90.1 g/mol. The Kier molecular flexibility index (Phi) is 12.6. The summed E-state index contributed by atoms with van der Waals surface area (Å²) in [5.41, 5.74) is 3.49. The third kappa shape index (κ3) is 270. The molecule has 0 rings (SSSR count). The van der Waals surface area contributed by atoms with Gasteiger partial charge in [-0.2, -0.15) is 0 Å². The van der Waals surface area contributed by atoms with Crippen molar-refractivity contribution in [3.8, 4) is 0 Å². The van der Waals surface area contributed by atoms with Gasteiger partial charge in [-0.3, -0.25) is 0 Å². The Morgan fingerprint density at radius 1 is 1.86 bits per heavy atom. The summed E-state index contributed by atoms with van der Waals surface area (Å²) >= 11 is 0. The van der Waals surface area contributed by atoms with Gasteiger partial charge >= 0.3 is 0 Å². The van der Waals surface area contributed by atoms with Gasteiger partial charge in [-0.1, -0.05) is 6.92 Å². The second-order valence-electron chi connectivity index (χ2n) is 1.20. The lowest BCUT2D eigenvalue weighted by Crippen LogP contribution is -2.48. The Balaban J connectivity index is 0. The molecule has 0 spiro atoms. The first-order valence-corrected chi connectivity index (χ1v) is 2.26. The lowest BCUT2D eigenvalue weighted by Gasteiger charge is -1.92. The van der Waals surface area contributed by atoms with Crippen molar-refractivity contribution in [2.45, 2.75) is 13.8 Å². The van der Waals surface area contributed by atoms with Crippen molar-refractivity contribution in [1.82, 2.24) is 0 Å². The highest BCUT2D eigenvalue weighted by Gasteiger charge is 1.37. The lowest BCUT2D eigenvalue weighted by molar-refractivity contribution is -0.361. The smallest absolute Gasteiger partial charge is 0.0711 e. The Hall–Kier alpha value is -0.500. The van der Waals surface area contributed by atoms with E-state index >= 15 is 0 Å². The van der Waals surface area contributed by atoms with Gasteiger partial charge in [0.1, 0.15) is 0 Å². The molecule has 7 heavy (non-hydrogen) atoms. The predicted molar refractivity (Wildman–Crippen MR) is 28.2 cm³/mol. The van der Waals surface area contributed by atoms with Crippen molar-refractivity contribution in [3.63, 3.8) is 0 Å². The van der Waals surface area contributed by atoms with Crippen LogP contribution in [0.4, 0.5) is 0 Å². The highest BCUT2D eigenvalue weighted by molar-refractivity contribution is 4.64. The molecule has 0 radical (unpaired) electrons. The van der Waals surface area contributed by atoms with Crippen molar-refractivity contribution in [2.75, 3.05) is 6.54 Å². The molecule has 0 heterocycles. The van der Waals surface area contributed by atoms with Crippen molar-refractivity contribution in [2.24, 2.45) is 0 Å². The van der Waals surface area contributed by atoms with E-state index in [9.17, 15) is 5.11 Å². The quantitative estimate of drug-likeness (QED) is 0.398. The summed E-state index contributed by atoms with van der Waals surface area (Å²) in [4.78, 5) is 0. The topological polar surface area (TPSA) is 50.7 Å². The molecule has 0 fully saturated rings. The zero-order chi connectivity index (χ0) is 6.28. The average molecular weight is 103 g/mol. The molecule has 0 aromatic heterocycles. The normalized spacial score (nSPS) is 6.14. The minimum absolute atomic E-state index is 0.0833. The van der Waals surface area contributed by atoms with E-state index in [2.05, 4.69) is 12.3 Å². The van der Waals surface area contributed by atoms with Crippen LogP contribution in [0, 0.1) is 0 Å². The van der Waals surface area contributed by atoms with Gasteiger partial charge in [0.05, 0.1) is 6.54 Å². The van der Waals surface area contributed by atoms with Gasteiger partial charge in [0, 0.05) is 0 Å². The van der Waals surface area contributed by atoms with Crippen molar-refractivity contribution in [3.05, 3.63) is 12.3 Å². The summed E-state index contributed by atoms with van der Waals surface area (Å²) in [6.45, 7) is 7.43. The van der Waals surface area contributed by atoms with E-state index in [1.807, 2.05) is 6.92 Å². The summed E-state index contributed by atoms with van der Waals surface area (Å²) in [5.74, 6) is -0.0833. The van der Waals surface area contributed by atoms with Crippen LogP contribution in [0.15, 0.2) is 12.3 Å². The molecule has 44 valence electrons. The van der Waals surface area contributed by atoms with E-state index in [4.69, 9.17) is 0 Å². The Morgan fingerprint density at radius 3 is 1.86 bits per heavy atom. The molecule has 0 aromatic rings. The molecule has 2 heteroatoms. The molecule has 0 saturated heterocycles. The van der Waals surface area contributed by atoms with E-state index < -0.39 is 0 Å². The fourth-order valence-electron chi connectivity index (χ4n) is 0. The van der Waals surface area contributed by atoms with Crippen LogP contribution in [0.25, 0.3) is 0 Å². The second-order valence-corrected chi connectivity index (χ2v) is 1.20. The van der Waals surface area contributed by atoms with Crippen LogP contribution >= 0.6 is 0 Å². The van der Waals surface area contributed by atoms with Crippen LogP contribution in [0.3, 0.4) is 0 Å². The first kappa shape index (κ1) is 9.71. The largest absolute Gasteiger partial charge is 0.876 e. The molecule has 3 N–H and O–H groups in total. The Bertz CT molecular complexity index is 39.3. The third-order valence-corrected chi connectivity index (χ3v) is 0. The molecule has 0 aliphatic heterocycles.